The van der Waals surface area contributed by atoms with Crippen LogP contribution < -0.4 is 5.32 Å². The molecule has 10 nitrogen and oxygen atoms in total. The largest absolute Gasteiger partial charge is 0.382 e. The maximum atomic E-state index is 12.5. The lowest BCUT2D eigenvalue weighted by atomic mass is 10.3. The SMILES string of the molecule is CCOCCCNC(=NCC(=O)N(C)C)N1CCN(CC(=O)N2CCOCC2)CC1.I. The first-order valence-electron chi connectivity index (χ1n) is 10.9. The molecule has 0 saturated carbocycles. The molecule has 31 heavy (non-hydrogen) atoms. The first-order chi connectivity index (χ1) is 14.5. The van der Waals surface area contributed by atoms with E-state index in [4.69, 9.17) is 9.47 Å². The van der Waals surface area contributed by atoms with E-state index in [2.05, 4.69) is 20.1 Å². The van der Waals surface area contributed by atoms with E-state index in [1.165, 1.54) is 0 Å². The van der Waals surface area contributed by atoms with E-state index in [0.717, 1.165) is 45.1 Å². The Morgan fingerprint density at radius 2 is 1.74 bits per heavy atom. The van der Waals surface area contributed by atoms with Gasteiger partial charge < -0.3 is 29.5 Å². The molecule has 0 radical (unpaired) electrons. The molecule has 0 aromatic heterocycles. The zero-order chi connectivity index (χ0) is 21.8. The average Bonchev–Trinajstić information content (AvgIpc) is 2.76. The minimum atomic E-state index is -0.0293. The Labute approximate surface area is 203 Å². The molecular weight excluding hydrogens is 515 g/mol. The van der Waals surface area contributed by atoms with Gasteiger partial charge in [-0.05, 0) is 13.3 Å². The molecule has 0 bridgehead atoms. The minimum Gasteiger partial charge on any atom is -0.382 e. The first kappa shape index (κ1) is 27.9. The van der Waals surface area contributed by atoms with Crippen LogP contribution in [0.4, 0.5) is 0 Å². The second-order valence-corrected chi connectivity index (χ2v) is 7.66. The first-order valence-corrected chi connectivity index (χ1v) is 10.9. The third-order valence-electron chi connectivity index (χ3n) is 5.21. The molecule has 2 rings (SSSR count). The molecule has 180 valence electrons. The number of carbonyl (C=O) groups is 2. The number of hydrogen-bond donors (Lipinski definition) is 1. The van der Waals surface area contributed by atoms with Crippen LogP contribution in [-0.2, 0) is 19.1 Å². The number of nitrogens with zero attached hydrogens (tertiary/aromatic N) is 5. The van der Waals surface area contributed by atoms with Crippen molar-refractivity contribution >= 4 is 41.8 Å². The summed E-state index contributed by atoms with van der Waals surface area (Å²) >= 11 is 0. The molecule has 11 heteroatoms. The number of likely N-dealkylation sites (N-methyl/N-ethyl adjacent to an activating group) is 1. The topological polar surface area (TPSA) is 90.0 Å². The summed E-state index contributed by atoms with van der Waals surface area (Å²) in [5.74, 6) is 0.894. The molecule has 2 aliphatic rings. The number of hydrogen-bond acceptors (Lipinski definition) is 6. The van der Waals surface area contributed by atoms with Crippen molar-refractivity contribution in [1.82, 2.24) is 24.9 Å². The molecule has 0 aliphatic carbocycles. The fraction of sp³-hybridized carbons (Fsp3) is 0.850. The van der Waals surface area contributed by atoms with Crippen LogP contribution in [0.3, 0.4) is 0 Å². The lowest BCUT2D eigenvalue weighted by Gasteiger charge is -2.37. The summed E-state index contributed by atoms with van der Waals surface area (Å²) in [4.78, 5) is 36.8. The van der Waals surface area contributed by atoms with E-state index < -0.39 is 0 Å². The van der Waals surface area contributed by atoms with Gasteiger partial charge in [0.1, 0.15) is 6.54 Å². The van der Waals surface area contributed by atoms with E-state index in [1.54, 1.807) is 19.0 Å². The molecule has 0 unspecified atom stereocenters. The zero-order valence-electron chi connectivity index (χ0n) is 19.2. The quantitative estimate of drug-likeness (QED) is 0.179. The van der Waals surface area contributed by atoms with Crippen molar-refractivity contribution in [2.75, 3.05) is 99.4 Å². The Bertz CT molecular complexity index is 564. The Kier molecular flexibility index (Phi) is 14.0. The van der Waals surface area contributed by atoms with Crippen molar-refractivity contribution < 1.29 is 19.1 Å². The van der Waals surface area contributed by atoms with Gasteiger partial charge in [-0.3, -0.25) is 14.5 Å². The highest BCUT2D eigenvalue weighted by Crippen LogP contribution is 2.05. The predicted molar refractivity (Wildman–Crippen MR) is 131 cm³/mol. The summed E-state index contributed by atoms with van der Waals surface area (Å²) in [6.45, 7) is 10.4. The van der Waals surface area contributed by atoms with Crippen molar-refractivity contribution in [3.05, 3.63) is 0 Å². The molecule has 0 aromatic rings. The molecular formula is C20H39IN6O4. The summed E-state index contributed by atoms with van der Waals surface area (Å²) in [7, 11) is 3.47. The summed E-state index contributed by atoms with van der Waals surface area (Å²) in [6, 6.07) is 0. The Morgan fingerprint density at radius 3 is 2.35 bits per heavy atom. The Morgan fingerprint density at radius 1 is 1.06 bits per heavy atom. The van der Waals surface area contributed by atoms with Crippen LogP contribution in [0.2, 0.25) is 0 Å². The number of morpholine rings is 1. The molecule has 2 amide bonds. The van der Waals surface area contributed by atoms with Gasteiger partial charge in [0.15, 0.2) is 5.96 Å². The van der Waals surface area contributed by atoms with E-state index in [1.807, 2.05) is 11.8 Å². The highest BCUT2D eigenvalue weighted by molar-refractivity contribution is 14.0. The van der Waals surface area contributed by atoms with Gasteiger partial charge in [0.2, 0.25) is 11.8 Å². The average molecular weight is 554 g/mol. The van der Waals surface area contributed by atoms with Gasteiger partial charge in [0.25, 0.3) is 0 Å². The van der Waals surface area contributed by atoms with Gasteiger partial charge in [-0.25, -0.2) is 4.99 Å². The number of carbonyl (C=O) groups excluding carboxylic acids is 2. The molecule has 0 atom stereocenters. The van der Waals surface area contributed by atoms with Gasteiger partial charge in [-0.2, -0.15) is 0 Å². The summed E-state index contributed by atoms with van der Waals surface area (Å²) in [5, 5.41) is 3.37. The number of aliphatic imine (C=N–C) groups is 1. The second-order valence-electron chi connectivity index (χ2n) is 7.66. The summed E-state index contributed by atoms with van der Waals surface area (Å²) < 4.78 is 10.7. The monoisotopic (exact) mass is 554 g/mol. The predicted octanol–water partition coefficient (Wildman–Crippen LogP) is -0.459. The number of guanidine groups is 1. The van der Waals surface area contributed by atoms with Gasteiger partial charge in [0.05, 0.1) is 19.8 Å². The van der Waals surface area contributed by atoms with Crippen LogP contribution in [0.25, 0.3) is 0 Å². The molecule has 2 aliphatic heterocycles. The van der Waals surface area contributed by atoms with Crippen molar-refractivity contribution in [3.63, 3.8) is 0 Å². The maximum Gasteiger partial charge on any atom is 0.243 e. The van der Waals surface area contributed by atoms with Gasteiger partial charge in [-0.1, -0.05) is 0 Å². The van der Waals surface area contributed by atoms with Crippen LogP contribution in [-0.4, -0.2) is 137 Å². The lowest BCUT2D eigenvalue weighted by Crippen LogP contribution is -2.55. The van der Waals surface area contributed by atoms with Crippen LogP contribution in [0, 0.1) is 0 Å². The van der Waals surface area contributed by atoms with Crippen LogP contribution in [0.5, 0.6) is 0 Å². The third-order valence-corrected chi connectivity index (χ3v) is 5.21. The van der Waals surface area contributed by atoms with Crippen molar-refractivity contribution in [1.29, 1.82) is 0 Å². The van der Waals surface area contributed by atoms with Crippen molar-refractivity contribution in [2.45, 2.75) is 13.3 Å². The van der Waals surface area contributed by atoms with Crippen LogP contribution in [0.15, 0.2) is 4.99 Å². The maximum absolute atomic E-state index is 12.5. The van der Waals surface area contributed by atoms with E-state index in [9.17, 15) is 9.59 Å². The molecule has 0 spiro atoms. The fourth-order valence-corrected chi connectivity index (χ4v) is 3.29. The van der Waals surface area contributed by atoms with Crippen molar-refractivity contribution in [3.8, 4) is 0 Å². The number of nitrogens with one attached hydrogen (secondary N) is 1. The lowest BCUT2D eigenvalue weighted by molar-refractivity contribution is -0.136. The molecule has 1 N–H and O–H groups in total. The van der Waals surface area contributed by atoms with Crippen LogP contribution in [0.1, 0.15) is 13.3 Å². The second kappa shape index (κ2) is 15.6. The van der Waals surface area contributed by atoms with E-state index in [-0.39, 0.29) is 42.3 Å². The number of halogens is 1. The fourth-order valence-electron chi connectivity index (χ4n) is 3.29. The number of rotatable bonds is 9. The van der Waals surface area contributed by atoms with E-state index in [0.29, 0.717) is 46.1 Å². The standard InChI is InChI=1S/C20H38N6O4.HI/c1-4-29-13-5-6-21-20(22-16-18(27)23(2)3)26-9-7-24(8-10-26)17-19(28)25-11-14-30-15-12-25;/h4-17H2,1-3H3,(H,21,22);1H. The zero-order valence-corrected chi connectivity index (χ0v) is 21.5. The van der Waals surface area contributed by atoms with Gasteiger partial charge in [-0.15, -0.1) is 24.0 Å². The number of ether oxygens (including phenoxy) is 2. The Hall–Kier alpha value is -1.18. The minimum absolute atomic E-state index is 0. The van der Waals surface area contributed by atoms with Crippen LogP contribution >= 0.6 is 24.0 Å². The van der Waals surface area contributed by atoms with E-state index >= 15 is 0 Å². The smallest absolute Gasteiger partial charge is 0.243 e. The number of amides is 2. The highest BCUT2D eigenvalue weighted by atomic mass is 127. The summed E-state index contributed by atoms with van der Waals surface area (Å²) in [5.41, 5.74) is 0. The highest BCUT2D eigenvalue weighted by Gasteiger charge is 2.24. The normalized spacial score (nSPS) is 17.8. The number of piperazine rings is 1. The molecule has 2 saturated heterocycles. The Balaban J connectivity index is 0.00000480. The third kappa shape index (κ3) is 10.3. The van der Waals surface area contributed by atoms with Gasteiger partial charge in [0, 0.05) is 73.1 Å². The molecule has 2 fully saturated rings. The molecule has 2 heterocycles. The van der Waals surface area contributed by atoms with Crippen molar-refractivity contribution in [2.24, 2.45) is 4.99 Å². The van der Waals surface area contributed by atoms with Gasteiger partial charge >= 0.3 is 0 Å². The molecule has 0 aromatic carbocycles. The summed E-state index contributed by atoms with van der Waals surface area (Å²) in [6.07, 6.45) is 0.877.